The number of amides is 1. The number of nitrogens with one attached hydrogen (secondary N) is 1. The number of rotatable bonds is 6. The summed E-state index contributed by atoms with van der Waals surface area (Å²) in [6.07, 6.45) is 3.76. The Hall–Kier alpha value is -1.43. The van der Waals surface area contributed by atoms with Gasteiger partial charge in [0.25, 0.3) is 0 Å². The average molecular weight is 360 g/mol. The second-order valence-corrected chi connectivity index (χ2v) is 8.02. The van der Waals surface area contributed by atoms with E-state index in [0.29, 0.717) is 31.2 Å². The molecule has 4 atom stereocenters. The summed E-state index contributed by atoms with van der Waals surface area (Å²) in [5, 5.41) is 3.10. The van der Waals surface area contributed by atoms with Crippen LogP contribution in [0.2, 0.25) is 0 Å². The van der Waals surface area contributed by atoms with Crippen LogP contribution >= 0.6 is 0 Å². The first kappa shape index (κ1) is 19.3. The molecule has 0 bridgehead atoms. The molecule has 1 aliphatic carbocycles. The van der Waals surface area contributed by atoms with E-state index in [1.807, 2.05) is 0 Å². The minimum absolute atomic E-state index is 0.101. The molecule has 1 saturated carbocycles. The molecule has 3 rings (SSSR count). The van der Waals surface area contributed by atoms with Crippen molar-refractivity contribution in [3.63, 3.8) is 0 Å². The van der Waals surface area contributed by atoms with Crippen molar-refractivity contribution in [2.45, 2.75) is 58.4 Å². The summed E-state index contributed by atoms with van der Waals surface area (Å²) in [5.74, 6) is 0.624. The van der Waals surface area contributed by atoms with Crippen molar-refractivity contribution in [1.82, 2.24) is 10.2 Å². The Kier molecular flexibility index (Phi) is 6.68. The first-order chi connectivity index (χ1) is 12.5. The molecule has 0 spiro atoms. The van der Waals surface area contributed by atoms with Gasteiger partial charge in [-0.1, -0.05) is 30.7 Å². The molecule has 1 aliphatic heterocycles. The molecule has 1 aromatic rings. The van der Waals surface area contributed by atoms with E-state index in [9.17, 15) is 4.79 Å². The number of nitrogens with two attached hydrogens (primary N) is 1. The van der Waals surface area contributed by atoms with Crippen LogP contribution in [0.4, 0.5) is 0 Å². The van der Waals surface area contributed by atoms with Crippen LogP contribution < -0.4 is 11.1 Å². The number of carbonyl (C=O) groups excluding carboxylic acids is 1. The fourth-order valence-electron chi connectivity index (χ4n) is 4.42. The monoisotopic (exact) mass is 359 g/mol. The van der Waals surface area contributed by atoms with Crippen molar-refractivity contribution in [2.75, 3.05) is 19.6 Å². The molecular weight excluding hydrogens is 326 g/mol. The van der Waals surface area contributed by atoms with Crippen LogP contribution in [-0.2, 0) is 22.6 Å². The Morgan fingerprint density at radius 2 is 1.81 bits per heavy atom. The molecular formula is C21H33N3O2. The lowest BCUT2D eigenvalue weighted by molar-refractivity contribution is -0.126. The van der Waals surface area contributed by atoms with Crippen LogP contribution in [0.3, 0.4) is 0 Å². The van der Waals surface area contributed by atoms with Gasteiger partial charge in [-0.2, -0.15) is 0 Å². The first-order valence-corrected chi connectivity index (χ1v) is 9.98. The lowest BCUT2D eigenvalue weighted by atomic mass is 9.95. The molecule has 1 amide bonds. The summed E-state index contributed by atoms with van der Waals surface area (Å²) < 4.78 is 5.80. The molecule has 0 radical (unpaired) electrons. The highest BCUT2D eigenvalue weighted by Gasteiger charge is 2.31. The molecule has 2 unspecified atom stereocenters. The second kappa shape index (κ2) is 8.98. The van der Waals surface area contributed by atoms with Crippen LogP contribution in [-0.4, -0.2) is 42.6 Å². The summed E-state index contributed by atoms with van der Waals surface area (Å²) in [6.45, 7) is 8.38. The third-order valence-corrected chi connectivity index (χ3v) is 5.69. The lowest BCUT2D eigenvalue weighted by Crippen LogP contribution is -2.44. The summed E-state index contributed by atoms with van der Waals surface area (Å²) in [4.78, 5) is 14.8. The van der Waals surface area contributed by atoms with Gasteiger partial charge >= 0.3 is 0 Å². The summed E-state index contributed by atoms with van der Waals surface area (Å²) in [5.41, 5.74) is 8.24. The Bertz CT molecular complexity index is 579. The Morgan fingerprint density at radius 1 is 1.15 bits per heavy atom. The lowest BCUT2D eigenvalue weighted by Gasteiger charge is -2.35. The Morgan fingerprint density at radius 3 is 2.46 bits per heavy atom. The number of benzene rings is 1. The van der Waals surface area contributed by atoms with Crippen LogP contribution in [0.5, 0.6) is 0 Å². The molecule has 1 aromatic carbocycles. The van der Waals surface area contributed by atoms with Crippen molar-refractivity contribution in [1.29, 1.82) is 0 Å². The zero-order valence-corrected chi connectivity index (χ0v) is 16.1. The van der Waals surface area contributed by atoms with Crippen molar-refractivity contribution < 1.29 is 9.53 Å². The molecule has 1 heterocycles. The smallest absolute Gasteiger partial charge is 0.223 e. The van der Waals surface area contributed by atoms with Crippen molar-refractivity contribution in [3.8, 4) is 0 Å². The van der Waals surface area contributed by atoms with E-state index in [4.69, 9.17) is 10.5 Å². The number of hydrogen-bond acceptors (Lipinski definition) is 4. The zero-order chi connectivity index (χ0) is 18.5. The van der Waals surface area contributed by atoms with E-state index >= 15 is 0 Å². The number of hydrogen-bond donors (Lipinski definition) is 2. The van der Waals surface area contributed by atoms with Gasteiger partial charge in [-0.25, -0.2) is 0 Å². The van der Waals surface area contributed by atoms with E-state index in [2.05, 4.69) is 48.3 Å². The predicted octanol–water partition coefficient (Wildman–Crippen LogP) is 2.29. The number of morpholine rings is 1. The molecule has 5 nitrogen and oxygen atoms in total. The van der Waals surface area contributed by atoms with Gasteiger partial charge < -0.3 is 15.8 Å². The van der Waals surface area contributed by atoms with Gasteiger partial charge in [0.2, 0.25) is 5.91 Å². The quantitative estimate of drug-likeness (QED) is 0.818. The first-order valence-electron chi connectivity index (χ1n) is 9.98. The molecule has 26 heavy (non-hydrogen) atoms. The van der Waals surface area contributed by atoms with Gasteiger partial charge in [0.05, 0.1) is 12.2 Å². The highest BCUT2D eigenvalue weighted by molar-refractivity contribution is 5.79. The highest BCUT2D eigenvalue weighted by Crippen LogP contribution is 2.31. The summed E-state index contributed by atoms with van der Waals surface area (Å²) in [7, 11) is 0. The third-order valence-electron chi connectivity index (χ3n) is 5.69. The Labute approximate surface area is 157 Å². The fourth-order valence-corrected chi connectivity index (χ4v) is 4.42. The molecule has 3 N–H and O–H groups in total. The molecule has 2 aliphatic rings. The van der Waals surface area contributed by atoms with Gasteiger partial charge in [0, 0.05) is 32.1 Å². The maximum Gasteiger partial charge on any atom is 0.223 e. The van der Waals surface area contributed by atoms with Gasteiger partial charge in [-0.05, 0) is 50.3 Å². The van der Waals surface area contributed by atoms with Crippen molar-refractivity contribution >= 4 is 5.91 Å². The summed E-state index contributed by atoms with van der Waals surface area (Å²) in [6, 6.07) is 8.59. The van der Waals surface area contributed by atoms with E-state index < -0.39 is 0 Å². The molecule has 144 valence electrons. The molecule has 2 fully saturated rings. The van der Waals surface area contributed by atoms with Gasteiger partial charge in [0.15, 0.2) is 0 Å². The van der Waals surface area contributed by atoms with Gasteiger partial charge in [0.1, 0.15) is 0 Å². The SMILES string of the molecule is CC1CN(Cc2ccc(CNC(=O)[C@@H]3CCC[C@@H]3CN)cc2)CC(C)O1. The Balaban J connectivity index is 1.48. The molecule has 5 heteroatoms. The van der Waals surface area contributed by atoms with Gasteiger partial charge in [-0.3, -0.25) is 9.69 Å². The van der Waals surface area contributed by atoms with E-state index in [1.54, 1.807) is 0 Å². The standard InChI is InChI=1S/C21H33N3O2/c1-15-12-24(13-16(2)26-15)14-18-8-6-17(7-9-18)11-23-21(25)20-5-3-4-19(20)10-22/h6-9,15-16,19-20H,3-5,10-14,22H2,1-2H3,(H,23,25)/t15?,16?,19-,20-/m1/s1. The topological polar surface area (TPSA) is 67.6 Å². The number of carbonyl (C=O) groups is 1. The number of ether oxygens (including phenoxy) is 1. The molecule has 1 saturated heterocycles. The number of nitrogens with zero attached hydrogens (tertiary/aromatic N) is 1. The minimum atomic E-state index is 0.101. The third kappa shape index (κ3) is 5.06. The maximum absolute atomic E-state index is 12.4. The predicted molar refractivity (Wildman–Crippen MR) is 103 cm³/mol. The molecule has 0 aromatic heterocycles. The fraction of sp³-hybridized carbons (Fsp3) is 0.667. The van der Waals surface area contributed by atoms with E-state index in [-0.39, 0.29) is 11.8 Å². The summed E-state index contributed by atoms with van der Waals surface area (Å²) >= 11 is 0. The second-order valence-electron chi connectivity index (χ2n) is 8.02. The van der Waals surface area contributed by atoms with E-state index in [0.717, 1.165) is 44.5 Å². The largest absolute Gasteiger partial charge is 0.373 e. The van der Waals surface area contributed by atoms with Crippen molar-refractivity contribution in [2.24, 2.45) is 17.6 Å². The average Bonchev–Trinajstić information content (AvgIpc) is 3.09. The normalized spacial score (nSPS) is 29.7. The van der Waals surface area contributed by atoms with Crippen LogP contribution in [0.15, 0.2) is 24.3 Å². The van der Waals surface area contributed by atoms with Crippen LogP contribution in [0.1, 0.15) is 44.2 Å². The maximum atomic E-state index is 12.4. The van der Waals surface area contributed by atoms with Crippen LogP contribution in [0.25, 0.3) is 0 Å². The van der Waals surface area contributed by atoms with Crippen molar-refractivity contribution in [3.05, 3.63) is 35.4 Å². The van der Waals surface area contributed by atoms with E-state index in [1.165, 1.54) is 5.56 Å². The van der Waals surface area contributed by atoms with Crippen LogP contribution in [0, 0.1) is 11.8 Å². The minimum Gasteiger partial charge on any atom is -0.373 e. The zero-order valence-electron chi connectivity index (χ0n) is 16.1. The van der Waals surface area contributed by atoms with Gasteiger partial charge in [-0.15, -0.1) is 0 Å². The highest BCUT2D eigenvalue weighted by atomic mass is 16.5.